The van der Waals surface area contributed by atoms with Crippen molar-refractivity contribution < 1.29 is 38.1 Å². The Hall–Kier alpha value is -3.32. The summed E-state index contributed by atoms with van der Waals surface area (Å²) in [7, 11) is 0. The van der Waals surface area contributed by atoms with Crippen LogP contribution in [0.3, 0.4) is 0 Å². The first-order valence-corrected chi connectivity index (χ1v) is 15.9. The van der Waals surface area contributed by atoms with Crippen molar-refractivity contribution in [3.8, 4) is 21.3 Å². The van der Waals surface area contributed by atoms with Crippen molar-refractivity contribution in [2.24, 2.45) is 0 Å². The lowest BCUT2D eigenvalue weighted by Crippen LogP contribution is -2.23. The average Bonchev–Trinajstić information content (AvgIpc) is 3.75. The van der Waals surface area contributed by atoms with Gasteiger partial charge in [-0.2, -0.15) is 0 Å². The minimum absolute atomic E-state index is 0.0125. The first kappa shape index (κ1) is 35.9. The maximum atomic E-state index is 12.0. The van der Waals surface area contributed by atoms with E-state index < -0.39 is 11.6 Å². The first-order chi connectivity index (χ1) is 20.4. The second kappa shape index (κ2) is 18.4. The first-order valence-electron chi connectivity index (χ1n) is 13.1. The van der Waals surface area contributed by atoms with Crippen molar-refractivity contribution in [3.63, 3.8) is 0 Å². The van der Waals surface area contributed by atoms with Crippen LogP contribution in [-0.4, -0.2) is 49.9 Å². The van der Waals surface area contributed by atoms with Crippen LogP contribution in [0.25, 0.3) is 21.3 Å². The van der Waals surface area contributed by atoms with Gasteiger partial charge < -0.3 is 18.9 Å². The van der Waals surface area contributed by atoms with Crippen LogP contribution in [0.5, 0.6) is 0 Å². The molecule has 0 unspecified atom stereocenters. The fourth-order valence-electron chi connectivity index (χ4n) is 3.33. The number of ketones is 2. The zero-order valence-corrected chi connectivity index (χ0v) is 27.0. The van der Waals surface area contributed by atoms with E-state index in [1.54, 1.807) is 12.1 Å². The summed E-state index contributed by atoms with van der Waals surface area (Å²) in [6.45, 7) is 5.45. The van der Waals surface area contributed by atoms with Gasteiger partial charge >= 0.3 is 11.9 Å². The number of rotatable bonds is 12. The summed E-state index contributed by atoms with van der Waals surface area (Å²) in [4.78, 5) is 47.5. The van der Waals surface area contributed by atoms with Crippen LogP contribution in [0.15, 0.2) is 56.2 Å². The van der Waals surface area contributed by atoms with Crippen molar-refractivity contribution in [2.75, 3.05) is 5.34 Å². The zero-order chi connectivity index (χ0) is 31.8. The van der Waals surface area contributed by atoms with Crippen molar-refractivity contribution in [1.82, 2.24) is 10.3 Å². The van der Waals surface area contributed by atoms with E-state index in [1.807, 2.05) is 55.8 Å². The van der Waals surface area contributed by atoms with Gasteiger partial charge in [-0.05, 0) is 56.5 Å². The second-order valence-corrected chi connectivity index (χ2v) is 12.4. The van der Waals surface area contributed by atoms with Gasteiger partial charge in [0.2, 0.25) is 0 Å². The van der Waals surface area contributed by atoms with E-state index in [2.05, 4.69) is 10.3 Å². The van der Waals surface area contributed by atoms with Gasteiger partial charge in [0.25, 0.3) is 0 Å². The summed E-state index contributed by atoms with van der Waals surface area (Å²) in [5.41, 5.74) is 0.0550. The molecule has 4 aromatic heterocycles. The molecule has 0 fully saturated rings. The molecule has 0 saturated carbocycles. The Bertz CT molecular complexity index is 1420. The van der Waals surface area contributed by atoms with E-state index >= 15 is 0 Å². The molecule has 10 nitrogen and oxygen atoms in total. The van der Waals surface area contributed by atoms with Crippen molar-refractivity contribution in [3.05, 3.63) is 58.5 Å². The molecule has 0 atom stereocenters. The third kappa shape index (κ3) is 13.7. The number of aromatic nitrogens is 2. The molecule has 1 N–H and O–H groups in total. The van der Waals surface area contributed by atoms with Gasteiger partial charge in [-0.25, -0.2) is 0 Å². The molecule has 14 heteroatoms. The van der Waals surface area contributed by atoms with Crippen LogP contribution < -0.4 is 0 Å². The van der Waals surface area contributed by atoms with Crippen LogP contribution in [0.4, 0.5) is 0 Å². The predicted molar refractivity (Wildman–Crippen MR) is 166 cm³/mol. The summed E-state index contributed by atoms with van der Waals surface area (Å²) in [5.74, 6) is -0.364. The van der Waals surface area contributed by atoms with Crippen LogP contribution in [-0.2, 0) is 14.3 Å². The Kier molecular flexibility index (Phi) is 15.3. The number of carbonyl (C=O) groups excluding carboxylic acids is 3. The molecule has 0 spiro atoms. The van der Waals surface area contributed by atoms with Gasteiger partial charge in [-0.3, -0.25) is 19.2 Å². The molecule has 4 rings (SSSR count). The molecule has 0 radical (unpaired) electrons. The van der Waals surface area contributed by atoms with Gasteiger partial charge in [0.05, 0.1) is 15.1 Å². The Labute approximate surface area is 266 Å². The van der Waals surface area contributed by atoms with Gasteiger partial charge in [-0.1, -0.05) is 22.4 Å². The highest BCUT2D eigenvalue weighted by atomic mass is 35.5. The van der Waals surface area contributed by atoms with E-state index in [-0.39, 0.29) is 54.3 Å². The van der Waals surface area contributed by atoms with Crippen molar-refractivity contribution in [2.45, 2.75) is 64.9 Å². The number of esters is 1. The summed E-state index contributed by atoms with van der Waals surface area (Å²) in [5, 5.41) is 20.0. The quantitative estimate of drug-likeness (QED) is 0.0884. The van der Waals surface area contributed by atoms with Crippen LogP contribution >= 0.6 is 45.9 Å². The van der Waals surface area contributed by atoms with Gasteiger partial charge in [0.15, 0.2) is 23.1 Å². The molecule has 0 saturated heterocycles. The topological polar surface area (TPSA) is 150 Å². The minimum Gasteiger partial charge on any atom is -0.481 e. The maximum absolute atomic E-state index is 12.0. The number of carboxylic acid groups (broad SMARTS) is 1. The standard InChI is InChI=1S/C16H19NO4S.C12H11NO4S.CH2Cl2/c1-16(2,3)20-15(19)8-4-6-12(18)11-10-13(21-17-11)14-7-5-9-22-14;14-9(3-1-5-12(15)16)8-7-10(17-13-8)11-4-2-6-18-11;2-1-3/h5,7,9-10H,4,6,8H2,1-3H3;2,4,6-7H,1,3,5H2,(H,15,16);1H2. The van der Waals surface area contributed by atoms with E-state index in [1.165, 1.54) is 22.7 Å². The largest absolute Gasteiger partial charge is 0.481 e. The SMILES string of the molecule is CC(C)(C)OC(=O)CCCC(=O)c1cc(-c2cccs2)on1.ClCCl.O=C(O)CCCC(=O)c1cc(-c2cccs2)on1. The molecule has 4 heterocycles. The number of carbonyl (C=O) groups is 4. The number of thiophene rings is 2. The minimum atomic E-state index is -0.901. The summed E-state index contributed by atoms with van der Waals surface area (Å²) >= 11 is 12.5. The van der Waals surface area contributed by atoms with Crippen molar-refractivity contribution >= 4 is 69.4 Å². The zero-order valence-electron chi connectivity index (χ0n) is 23.8. The number of hydrogen-bond donors (Lipinski definition) is 1. The summed E-state index contributed by atoms with van der Waals surface area (Å²) in [6.07, 6.45) is 1.38. The second-order valence-electron chi connectivity index (χ2n) is 9.74. The van der Waals surface area contributed by atoms with E-state index in [0.717, 1.165) is 9.75 Å². The number of hydrogen-bond acceptors (Lipinski definition) is 11. The lowest BCUT2D eigenvalue weighted by molar-refractivity contribution is -0.154. The van der Waals surface area contributed by atoms with E-state index in [0.29, 0.717) is 30.1 Å². The normalized spacial score (nSPS) is 10.6. The predicted octanol–water partition coefficient (Wildman–Crippen LogP) is 8.36. The van der Waals surface area contributed by atoms with Gasteiger partial charge in [0, 0.05) is 37.8 Å². The molecular weight excluding hydrogens is 639 g/mol. The summed E-state index contributed by atoms with van der Waals surface area (Å²) in [6, 6.07) is 10.8. The number of carboxylic acids is 1. The number of ether oxygens (including phenoxy) is 1. The number of halogens is 2. The van der Waals surface area contributed by atoms with Gasteiger partial charge in [0.1, 0.15) is 17.0 Å². The molecule has 0 amide bonds. The molecule has 43 heavy (non-hydrogen) atoms. The Balaban J connectivity index is 0.000000279. The average molecular weight is 672 g/mol. The van der Waals surface area contributed by atoms with Crippen LogP contribution in [0.2, 0.25) is 0 Å². The maximum Gasteiger partial charge on any atom is 0.306 e. The third-order valence-electron chi connectivity index (χ3n) is 5.12. The van der Waals surface area contributed by atoms with E-state index in [4.69, 9.17) is 42.1 Å². The lowest BCUT2D eigenvalue weighted by Gasteiger charge is -2.19. The Morgan fingerprint density at radius 1 is 0.814 bits per heavy atom. The number of nitrogens with zero attached hydrogens (tertiary/aromatic N) is 2. The molecule has 0 aliphatic rings. The monoisotopic (exact) mass is 670 g/mol. The smallest absolute Gasteiger partial charge is 0.306 e. The number of aliphatic carboxylic acids is 1. The van der Waals surface area contributed by atoms with Crippen molar-refractivity contribution in [1.29, 1.82) is 0 Å². The molecule has 0 aromatic carbocycles. The highest BCUT2D eigenvalue weighted by Crippen LogP contribution is 2.26. The molecule has 0 bridgehead atoms. The van der Waals surface area contributed by atoms with Crippen LogP contribution in [0.1, 0.15) is 80.3 Å². The fourth-order valence-corrected chi connectivity index (χ4v) is 4.67. The molecule has 232 valence electrons. The Morgan fingerprint density at radius 2 is 1.26 bits per heavy atom. The highest BCUT2D eigenvalue weighted by Gasteiger charge is 2.18. The summed E-state index contributed by atoms with van der Waals surface area (Å²) < 4.78 is 15.4. The Morgan fingerprint density at radius 3 is 1.63 bits per heavy atom. The highest BCUT2D eigenvalue weighted by molar-refractivity contribution is 7.13. The van der Waals surface area contributed by atoms with E-state index in [9.17, 15) is 19.2 Å². The van der Waals surface area contributed by atoms with Gasteiger partial charge in [-0.15, -0.1) is 45.9 Å². The van der Waals surface area contributed by atoms with Crippen LogP contribution in [0, 0.1) is 0 Å². The molecular formula is C29H32Cl2N2O8S2. The molecule has 4 aromatic rings. The number of alkyl halides is 2. The number of Topliss-reactive ketones (excluding diaryl/α,β-unsaturated/α-hetero) is 2. The third-order valence-corrected chi connectivity index (χ3v) is 6.89. The fraction of sp³-hybridized carbons (Fsp3) is 0.379. The molecule has 0 aliphatic carbocycles. The lowest BCUT2D eigenvalue weighted by atomic mass is 10.1. The molecule has 0 aliphatic heterocycles.